The van der Waals surface area contributed by atoms with Crippen molar-refractivity contribution in [1.29, 1.82) is 0 Å². The summed E-state index contributed by atoms with van der Waals surface area (Å²) >= 11 is 0. The average Bonchev–Trinajstić information content (AvgIpc) is 3.00. The fourth-order valence-corrected chi connectivity index (χ4v) is 5.00. The molecule has 3 aromatic carbocycles. The molecule has 1 fully saturated rings. The van der Waals surface area contributed by atoms with Crippen LogP contribution in [0.3, 0.4) is 0 Å². The highest BCUT2D eigenvalue weighted by Crippen LogP contribution is 2.39. The number of aliphatic hydroxyl groups excluding tert-OH is 2. The number of hydrogen-bond donors (Lipinski definition) is 3. The number of rotatable bonds is 11. The maximum absolute atomic E-state index is 12.5. The largest absolute Gasteiger partial charge is 0.453 e. The number of amides is 1. The third-order valence-corrected chi connectivity index (χ3v) is 7.54. The first kappa shape index (κ1) is 31.3. The summed E-state index contributed by atoms with van der Waals surface area (Å²) in [5.74, 6) is -0.977. The van der Waals surface area contributed by atoms with E-state index in [-0.39, 0.29) is 24.9 Å². The summed E-state index contributed by atoms with van der Waals surface area (Å²) in [7, 11) is 1.97. The molecule has 224 valence electrons. The van der Waals surface area contributed by atoms with Gasteiger partial charge in [-0.05, 0) is 49.7 Å². The van der Waals surface area contributed by atoms with Gasteiger partial charge in [-0.3, -0.25) is 14.5 Å². The molecule has 0 radical (unpaired) electrons. The van der Waals surface area contributed by atoms with Gasteiger partial charge in [-0.25, -0.2) is 0 Å². The van der Waals surface area contributed by atoms with Crippen LogP contribution < -0.4 is 5.32 Å². The summed E-state index contributed by atoms with van der Waals surface area (Å²) in [4.78, 5) is 25.9. The van der Waals surface area contributed by atoms with Crippen molar-refractivity contribution in [1.82, 2.24) is 4.90 Å². The van der Waals surface area contributed by atoms with Gasteiger partial charge < -0.3 is 29.7 Å². The van der Waals surface area contributed by atoms with Crippen LogP contribution in [0.5, 0.6) is 0 Å². The second-order valence-corrected chi connectivity index (χ2v) is 10.8. The predicted molar refractivity (Wildman–Crippen MR) is 158 cm³/mol. The molecule has 0 bridgehead atoms. The lowest BCUT2D eigenvalue weighted by molar-refractivity contribution is -0.253. The summed E-state index contributed by atoms with van der Waals surface area (Å²) in [6, 6.07) is 24.3. The van der Waals surface area contributed by atoms with E-state index in [1.165, 1.54) is 13.8 Å². The lowest BCUT2D eigenvalue weighted by Gasteiger charge is -2.39. The minimum Gasteiger partial charge on any atom is -0.453 e. The number of carbonyl (C=O) groups is 2. The molecule has 3 N–H and O–H groups in total. The Morgan fingerprint density at radius 1 is 1.00 bits per heavy atom. The third kappa shape index (κ3) is 8.24. The molecular formula is C33H40N2O7. The molecule has 3 aromatic rings. The highest BCUT2D eigenvalue weighted by Gasteiger charge is 2.34. The first-order valence-corrected chi connectivity index (χ1v) is 14.2. The van der Waals surface area contributed by atoms with Gasteiger partial charge in [0.2, 0.25) is 0 Å². The number of ether oxygens (including phenoxy) is 3. The van der Waals surface area contributed by atoms with E-state index in [0.717, 1.165) is 22.3 Å². The molecule has 9 nitrogen and oxygen atoms in total. The summed E-state index contributed by atoms with van der Waals surface area (Å²) in [5.41, 5.74) is 3.87. The molecular weight excluding hydrogens is 536 g/mol. The topological polar surface area (TPSA) is 118 Å². The lowest BCUT2D eigenvalue weighted by atomic mass is 9.98. The van der Waals surface area contributed by atoms with Gasteiger partial charge in [-0.1, -0.05) is 66.7 Å². The molecule has 1 heterocycles. The monoisotopic (exact) mass is 576 g/mol. The van der Waals surface area contributed by atoms with Gasteiger partial charge in [-0.15, -0.1) is 0 Å². The Morgan fingerprint density at radius 2 is 1.71 bits per heavy atom. The quantitative estimate of drug-likeness (QED) is 0.282. The third-order valence-electron chi connectivity index (χ3n) is 7.54. The summed E-state index contributed by atoms with van der Waals surface area (Å²) in [5, 5.41) is 23.3. The van der Waals surface area contributed by atoms with Gasteiger partial charge in [0.1, 0.15) is 0 Å². The number of benzene rings is 3. The zero-order valence-electron chi connectivity index (χ0n) is 24.5. The molecule has 0 unspecified atom stereocenters. The van der Waals surface area contributed by atoms with Crippen molar-refractivity contribution in [2.75, 3.05) is 18.9 Å². The number of esters is 1. The number of hydrogen-bond acceptors (Lipinski definition) is 8. The second kappa shape index (κ2) is 14.5. The first-order valence-electron chi connectivity index (χ1n) is 14.2. The maximum atomic E-state index is 12.5. The second-order valence-electron chi connectivity index (χ2n) is 10.8. The van der Waals surface area contributed by atoms with Gasteiger partial charge in [-0.2, -0.15) is 0 Å². The van der Waals surface area contributed by atoms with E-state index in [2.05, 4.69) is 10.2 Å². The Labute approximate surface area is 247 Å². The van der Waals surface area contributed by atoms with Crippen molar-refractivity contribution in [3.05, 3.63) is 101 Å². The maximum Gasteiger partial charge on any atom is 0.303 e. The molecule has 0 aromatic heterocycles. The van der Waals surface area contributed by atoms with E-state index in [1.54, 1.807) is 18.2 Å². The van der Waals surface area contributed by atoms with Crippen molar-refractivity contribution in [2.24, 2.45) is 0 Å². The van der Waals surface area contributed by atoms with E-state index in [1.807, 2.05) is 74.6 Å². The standard InChI is InChI=1S/C33H40N2O7/c1-21(31(38)26-9-6-5-7-10-26)35(4)19-29-18-30(25-15-13-24(20-36)14-16-25)42-33(41-29)27-11-8-12-28(17-27)34-32(39)22(2)40-23(3)37/h5-17,21-22,29-31,33,36,38H,18-20H2,1-4H3,(H,34,39)/t21-,22+,29-,30+,31-,33+/m1/s1. The van der Waals surface area contributed by atoms with E-state index in [9.17, 15) is 19.8 Å². The number of nitrogens with one attached hydrogen (secondary N) is 1. The smallest absolute Gasteiger partial charge is 0.303 e. The van der Waals surface area contributed by atoms with Crippen LogP contribution in [-0.2, 0) is 30.4 Å². The Bertz CT molecular complexity index is 1320. The predicted octanol–water partition coefficient (Wildman–Crippen LogP) is 4.67. The Kier molecular flexibility index (Phi) is 10.8. The van der Waals surface area contributed by atoms with Crippen molar-refractivity contribution < 1.29 is 34.0 Å². The number of nitrogens with zero attached hydrogens (tertiary/aromatic N) is 1. The van der Waals surface area contributed by atoms with Crippen LogP contribution in [0.25, 0.3) is 0 Å². The van der Waals surface area contributed by atoms with Crippen LogP contribution in [0.1, 0.15) is 67.9 Å². The molecule has 6 atom stereocenters. The van der Waals surface area contributed by atoms with Gasteiger partial charge in [0.15, 0.2) is 12.4 Å². The summed E-state index contributed by atoms with van der Waals surface area (Å²) in [6.07, 6.45) is -2.26. The summed E-state index contributed by atoms with van der Waals surface area (Å²) < 4.78 is 17.9. The highest BCUT2D eigenvalue weighted by atomic mass is 16.7. The van der Waals surface area contributed by atoms with Crippen LogP contribution >= 0.6 is 0 Å². The highest BCUT2D eigenvalue weighted by molar-refractivity contribution is 5.95. The molecule has 42 heavy (non-hydrogen) atoms. The Hall–Kier alpha value is -3.60. The van der Waals surface area contributed by atoms with Crippen LogP contribution in [0.15, 0.2) is 78.9 Å². The number of likely N-dealkylation sites (N-methyl/N-ethyl adjacent to an activating group) is 1. The minimum absolute atomic E-state index is 0.0405. The van der Waals surface area contributed by atoms with Crippen molar-refractivity contribution >= 4 is 17.6 Å². The Morgan fingerprint density at radius 3 is 2.38 bits per heavy atom. The van der Waals surface area contributed by atoms with Gasteiger partial charge in [0.05, 0.1) is 24.9 Å². The van der Waals surface area contributed by atoms with Crippen LogP contribution in [0.4, 0.5) is 5.69 Å². The first-order chi connectivity index (χ1) is 20.1. The molecule has 1 aliphatic heterocycles. The lowest BCUT2D eigenvalue weighted by Crippen LogP contribution is -2.43. The van der Waals surface area contributed by atoms with E-state index in [0.29, 0.717) is 18.7 Å². The zero-order valence-corrected chi connectivity index (χ0v) is 24.5. The van der Waals surface area contributed by atoms with Crippen LogP contribution in [0, 0.1) is 0 Å². The molecule has 0 saturated carbocycles. The van der Waals surface area contributed by atoms with E-state index in [4.69, 9.17) is 14.2 Å². The number of carbonyl (C=O) groups excluding carboxylic acids is 2. The SMILES string of the molecule is CC(=O)O[C@@H](C)C(=O)Nc1cccc([C@H]2O[C@@H](CN(C)[C@H](C)[C@@H](O)c3ccccc3)C[C@@H](c3ccc(CO)cc3)O2)c1. The van der Waals surface area contributed by atoms with Gasteiger partial charge in [0, 0.05) is 37.2 Å². The fourth-order valence-electron chi connectivity index (χ4n) is 5.00. The van der Waals surface area contributed by atoms with Gasteiger partial charge in [0.25, 0.3) is 5.91 Å². The Balaban J connectivity index is 1.53. The van der Waals surface area contributed by atoms with Crippen LogP contribution in [0.2, 0.25) is 0 Å². The minimum atomic E-state index is -0.937. The van der Waals surface area contributed by atoms with Crippen molar-refractivity contribution in [3.63, 3.8) is 0 Å². The van der Waals surface area contributed by atoms with E-state index >= 15 is 0 Å². The summed E-state index contributed by atoms with van der Waals surface area (Å²) in [6.45, 7) is 5.26. The number of aliphatic hydroxyl groups is 2. The fraction of sp³-hybridized carbons (Fsp3) is 0.394. The molecule has 1 aliphatic rings. The normalized spacial score (nSPS) is 20.9. The average molecular weight is 577 g/mol. The molecule has 1 saturated heterocycles. The molecule has 0 spiro atoms. The van der Waals surface area contributed by atoms with Crippen molar-refractivity contribution in [3.8, 4) is 0 Å². The molecule has 9 heteroatoms. The van der Waals surface area contributed by atoms with E-state index < -0.39 is 30.4 Å². The molecule has 0 aliphatic carbocycles. The molecule has 4 rings (SSSR count). The zero-order chi connectivity index (χ0) is 30.2. The van der Waals surface area contributed by atoms with Crippen molar-refractivity contribution in [2.45, 2.75) is 70.5 Å². The molecule has 1 amide bonds. The van der Waals surface area contributed by atoms with Gasteiger partial charge >= 0.3 is 5.97 Å². The van der Waals surface area contributed by atoms with Crippen LogP contribution in [-0.4, -0.2) is 58.8 Å². The number of anilines is 1.